The maximum atomic E-state index is 12.8. The molecule has 34 heavy (non-hydrogen) atoms. The smallest absolute Gasteiger partial charge is 0.294 e. The summed E-state index contributed by atoms with van der Waals surface area (Å²) in [4.78, 5) is 40.5. The molecule has 7 nitrogen and oxygen atoms in total. The Balaban J connectivity index is 1.49. The van der Waals surface area contributed by atoms with E-state index >= 15 is 0 Å². The van der Waals surface area contributed by atoms with Crippen molar-refractivity contribution in [2.75, 3.05) is 26.7 Å². The Morgan fingerprint density at radius 2 is 1.88 bits per heavy atom. The normalized spacial score (nSPS) is 17.1. The number of methoxy groups -OCH3 is 1. The van der Waals surface area contributed by atoms with Crippen molar-refractivity contribution in [3.05, 3.63) is 61.9 Å². The Hall–Kier alpha value is -2.49. The molecule has 0 unspecified atom stereocenters. The van der Waals surface area contributed by atoms with Crippen LogP contribution in [0, 0.1) is 0 Å². The Labute approximate surface area is 215 Å². The van der Waals surface area contributed by atoms with Crippen LogP contribution in [0.15, 0.2) is 45.8 Å². The van der Waals surface area contributed by atoms with E-state index in [1.807, 2.05) is 24.3 Å². The molecule has 0 aliphatic carbocycles. The van der Waals surface area contributed by atoms with Gasteiger partial charge in [0, 0.05) is 17.6 Å². The number of benzene rings is 2. The lowest BCUT2D eigenvalue weighted by atomic mass is 10.1. The number of imide groups is 1. The summed E-state index contributed by atoms with van der Waals surface area (Å²) < 4.78 is 12.3. The van der Waals surface area contributed by atoms with Crippen LogP contribution in [0.2, 0.25) is 5.02 Å². The highest BCUT2D eigenvalue weighted by molar-refractivity contribution is 9.10. The van der Waals surface area contributed by atoms with Gasteiger partial charge in [0.2, 0.25) is 5.91 Å². The fourth-order valence-electron chi connectivity index (χ4n) is 3.69. The molecular formula is C24H22BrClN2O5S. The topological polar surface area (TPSA) is 76.2 Å². The molecule has 4 rings (SSSR count). The number of hydrogen-bond acceptors (Lipinski definition) is 6. The molecule has 2 fully saturated rings. The van der Waals surface area contributed by atoms with E-state index in [9.17, 15) is 14.4 Å². The van der Waals surface area contributed by atoms with E-state index in [1.165, 1.54) is 7.11 Å². The highest BCUT2D eigenvalue weighted by Gasteiger charge is 2.37. The van der Waals surface area contributed by atoms with Crippen LogP contribution in [0.1, 0.15) is 24.0 Å². The van der Waals surface area contributed by atoms with Gasteiger partial charge in [0.1, 0.15) is 13.2 Å². The van der Waals surface area contributed by atoms with Gasteiger partial charge in [0.25, 0.3) is 11.1 Å². The average Bonchev–Trinajstić information content (AvgIpc) is 3.44. The Kier molecular flexibility index (Phi) is 7.85. The summed E-state index contributed by atoms with van der Waals surface area (Å²) in [5.41, 5.74) is 1.54. The van der Waals surface area contributed by atoms with Gasteiger partial charge >= 0.3 is 0 Å². The number of halogens is 2. The van der Waals surface area contributed by atoms with Crippen molar-refractivity contribution in [2.45, 2.75) is 19.4 Å². The maximum absolute atomic E-state index is 12.8. The lowest BCUT2D eigenvalue weighted by Crippen LogP contribution is -2.40. The van der Waals surface area contributed by atoms with Crippen LogP contribution in [-0.4, -0.2) is 53.6 Å². The SMILES string of the molecule is COc1cc(/C=C2\SC(=O)N(CC(=O)N3CCCC3)C2=O)cc(Cl)c1OCc1ccc(Br)cc1. The third-order valence-corrected chi connectivity index (χ3v) is 7.19. The molecule has 2 aliphatic heterocycles. The van der Waals surface area contributed by atoms with Gasteiger partial charge in [-0.3, -0.25) is 19.3 Å². The second-order valence-electron chi connectivity index (χ2n) is 7.81. The molecule has 0 N–H and O–H groups in total. The fraction of sp³-hybridized carbons (Fsp3) is 0.292. The van der Waals surface area contributed by atoms with E-state index in [0.717, 1.165) is 39.5 Å². The summed E-state index contributed by atoms with van der Waals surface area (Å²) in [5.74, 6) is 0.0825. The fourth-order valence-corrected chi connectivity index (χ4v) is 5.07. The largest absolute Gasteiger partial charge is 0.493 e. The Morgan fingerprint density at radius 3 is 2.56 bits per heavy atom. The molecule has 2 aliphatic rings. The molecule has 2 heterocycles. The van der Waals surface area contributed by atoms with Crippen LogP contribution in [-0.2, 0) is 16.2 Å². The van der Waals surface area contributed by atoms with Gasteiger partial charge in [-0.15, -0.1) is 0 Å². The zero-order valence-electron chi connectivity index (χ0n) is 18.4. The van der Waals surface area contributed by atoms with Crippen LogP contribution in [0.5, 0.6) is 11.5 Å². The molecule has 0 radical (unpaired) electrons. The first-order valence-electron chi connectivity index (χ1n) is 10.6. The number of rotatable bonds is 7. The third kappa shape index (κ3) is 5.59. The summed E-state index contributed by atoms with van der Waals surface area (Å²) in [5, 5.41) is -0.150. The molecule has 2 aromatic rings. The number of amides is 3. The number of thioether (sulfide) groups is 1. The second kappa shape index (κ2) is 10.8. The molecule has 0 saturated carbocycles. The molecule has 2 aromatic carbocycles. The van der Waals surface area contributed by atoms with Crippen molar-refractivity contribution >= 4 is 62.4 Å². The van der Waals surface area contributed by atoms with Crippen molar-refractivity contribution in [3.8, 4) is 11.5 Å². The minimum absolute atomic E-state index is 0.210. The first-order chi connectivity index (χ1) is 16.4. The molecule has 3 amide bonds. The number of ether oxygens (including phenoxy) is 2. The van der Waals surface area contributed by atoms with Gasteiger partial charge in [-0.25, -0.2) is 0 Å². The predicted molar refractivity (Wildman–Crippen MR) is 135 cm³/mol. The van der Waals surface area contributed by atoms with Crippen molar-refractivity contribution < 1.29 is 23.9 Å². The quantitative estimate of drug-likeness (QED) is 0.422. The molecule has 10 heteroatoms. The monoisotopic (exact) mass is 564 g/mol. The van der Waals surface area contributed by atoms with E-state index in [2.05, 4.69) is 15.9 Å². The number of hydrogen-bond donors (Lipinski definition) is 0. The Morgan fingerprint density at radius 1 is 1.18 bits per heavy atom. The number of carbonyl (C=O) groups is 3. The maximum Gasteiger partial charge on any atom is 0.294 e. The van der Waals surface area contributed by atoms with Gasteiger partial charge in [-0.1, -0.05) is 39.7 Å². The van der Waals surface area contributed by atoms with E-state index < -0.39 is 11.1 Å². The number of likely N-dealkylation sites (tertiary alicyclic amines) is 1. The van der Waals surface area contributed by atoms with E-state index in [1.54, 1.807) is 23.1 Å². The molecule has 0 spiro atoms. The molecule has 0 atom stereocenters. The third-order valence-electron chi connectivity index (χ3n) is 5.47. The van der Waals surface area contributed by atoms with Crippen molar-refractivity contribution in [3.63, 3.8) is 0 Å². The second-order valence-corrected chi connectivity index (χ2v) is 10.1. The van der Waals surface area contributed by atoms with Crippen LogP contribution in [0.4, 0.5) is 4.79 Å². The van der Waals surface area contributed by atoms with Crippen LogP contribution in [0.25, 0.3) is 6.08 Å². The summed E-state index contributed by atoms with van der Waals surface area (Å²) in [6, 6.07) is 11.0. The molecule has 0 bridgehead atoms. The highest BCUT2D eigenvalue weighted by atomic mass is 79.9. The lowest BCUT2D eigenvalue weighted by molar-refractivity contribution is -0.135. The first-order valence-corrected chi connectivity index (χ1v) is 12.6. The van der Waals surface area contributed by atoms with Crippen molar-refractivity contribution in [1.29, 1.82) is 0 Å². The predicted octanol–water partition coefficient (Wildman–Crippen LogP) is 5.35. The average molecular weight is 566 g/mol. The minimum Gasteiger partial charge on any atom is -0.493 e. The number of nitrogens with zero attached hydrogens (tertiary/aromatic N) is 2. The molecular weight excluding hydrogens is 544 g/mol. The lowest BCUT2D eigenvalue weighted by Gasteiger charge is -2.18. The van der Waals surface area contributed by atoms with Gasteiger partial charge in [0.05, 0.1) is 17.0 Å². The van der Waals surface area contributed by atoms with E-state index in [-0.39, 0.29) is 17.4 Å². The van der Waals surface area contributed by atoms with Crippen molar-refractivity contribution in [2.24, 2.45) is 0 Å². The van der Waals surface area contributed by atoms with Gasteiger partial charge in [0.15, 0.2) is 11.5 Å². The van der Waals surface area contributed by atoms with E-state index in [0.29, 0.717) is 41.8 Å². The molecule has 0 aromatic heterocycles. The van der Waals surface area contributed by atoms with Gasteiger partial charge in [-0.05, 0) is 66.1 Å². The zero-order valence-corrected chi connectivity index (χ0v) is 21.5. The van der Waals surface area contributed by atoms with Gasteiger partial charge in [-0.2, -0.15) is 0 Å². The minimum atomic E-state index is -0.492. The molecule has 2 saturated heterocycles. The van der Waals surface area contributed by atoms with Crippen LogP contribution in [0.3, 0.4) is 0 Å². The van der Waals surface area contributed by atoms with Gasteiger partial charge < -0.3 is 14.4 Å². The summed E-state index contributed by atoms with van der Waals surface area (Å²) in [6.07, 6.45) is 3.45. The summed E-state index contributed by atoms with van der Waals surface area (Å²) in [6.45, 7) is 1.39. The highest BCUT2D eigenvalue weighted by Crippen LogP contribution is 2.39. The summed E-state index contributed by atoms with van der Waals surface area (Å²) >= 11 is 10.7. The molecule has 178 valence electrons. The van der Waals surface area contributed by atoms with Crippen LogP contribution < -0.4 is 9.47 Å². The number of carbonyl (C=O) groups excluding carboxylic acids is 3. The first kappa shape index (κ1) is 24.6. The van der Waals surface area contributed by atoms with E-state index in [4.69, 9.17) is 21.1 Å². The van der Waals surface area contributed by atoms with Crippen molar-refractivity contribution in [1.82, 2.24) is 9.80 Å². The van der Waals surface area contributed by atoms with Crippen LogP contribution >= 0.6 is 39.3 Å². The Bertz CT molecular complexity index is 1150. The summed E-state index contributed by atoms with van der Waals surface area (Å²) in [7, 11) is 1.50. The standard InChI is InChI=1S/C24H22BrClN2O5S/c1-32-19-11-16(10-18(26)22(19)33-14-15-4-6-17(25)7-5-15)12-20-23(30)28(24(31)34-20)13-21(29)27-8-2-3-9-27/h4-7,10-12H,2-3,8-9,13-14H2,1H3/b20-12-. The zero-order chi connectivity index (χ0) is 24.2.